The van der Waals surface area contributed by atoms with Crippen molar-refractivity contribution < 1.29 is 4.79 Å². The molecule has 1 rings (SSSR count). The van der Waals surface area contributed by atoms with E-state index in [4.69, 9.17) is 18.0 Å². The molecule has 6 heteroatoms. The molecule has 0 radical (unpaired) electrons. The first kappa shape index (κ1) is 13.1. The van der Waals surface area contributed by atoms with Gasteiger partial charge in [-0.05, 0) is 13.8 Å². The Labute approximate surface area is 104 Å². The van der Waals surface area contributed by atoms with Crippen molar-refractivity contribution in [1.29, 1.82) is 0 Å². The second-order valence-corrected chi connectivity index (χ2v) is 5.21. The maximum Gasteiger partial charge on any atom is 0.232 e. The van der Waals surface area contributed by atoms with Crippen LogP contribution >= 0.6 is 23.6 Å². The fourth-order valence-corrected chi connectivity index (χ4v) is 1.96. The number of aryl methyl sites for hydroxylation is 1. The van der Waals surface area contributed by atoms with Gasteiger partial charge in [-0.25, -0.2) is 4.98 Å². The molecule has 0 aromatic carbocycles. The minimum atomic E-state index is -0.417. The standard InChI is InChI=1S/C10H15N3OS2/c1-6(9(11)15)10(14)13(3)4-8-5-16-7(2)12-8/h5-6H,4H2,1-3H3,(H2,11,15). The summed E-state index contributed by atoms with van der Waals surface area (Å²) in [5.41, 5.74) is 6.34. The zero-order chi connectivity index (χ0) is 12.3. The monoisotopic (exact) mass is 257 g/mol. The molecule has 1 aromatic rings. The van der Waals surface area contributed by atoms with Gasteiger partial charge in [-0.3, -0.25) is 4.79 Å². The van der Waals surface area contributed by atoms with E-state index < -0.39 is 5.92 Å². The summed E-state index contributed by atoms with van der Waals surface area (Å²) in [7, 11) is 1.73. The van der Waals surface area contributed by atoms with Gasteiger partial charge in [0, 0.05) is 12.4 Å². The first-order valence-corrected chi connectivity index (χ1v) is 6.16. The number of nitrogens with two attached hydrogens (primary N) is 1. The van der Waals surface area contributed by atoms with E-state index in [1.165, 1.54) is 0 Å². The Hall–Kier alpha value is -1.01. The van der Waals surface area contributed by atoms with E-state index in [0.29, 0.717) is 6.54 Å². The van der Waals surface area contributed by atoms with Crippen LogP contribution in [0.1, 0.15) is 17.6 Å². The quantitative estimate of drug-likeness (QED) is 0.827. The van der Waals surface area contributed by atoms with Gasteiger partial charge in [0.15, 0.2) is 0 Å². The molecule has 16 heavy (non-hydrogen) atoms. The zero-order valence-electron chi connectivity index (χ0n) is 9.56. The number of hydrogen-bond donors (Lipinski definition) is 1. The molecular weight excluding hydrogens is 242 g/mol. The highest BCUT2D eigenvalue weighted by molar-refractivity contribution is 7.80. The number of rotatable bonds is 4. The Kier molecular flexibility index (Phi) is 4.37. The van der Waals surface area contributed by atoms with Crippen LogP contribution < -0.4 is 5.73 Å². The summed E-state index contributed by atoms with van der Waals surface area (Å²) in [5.74, 6) is -0.488. The molecule has 88 valence electrons. The fourth-order valence-electron chi connectivity index (χ4n) is 1.25. The highest BCUT2D eigenvalue weighted by atomic mass is 32.1. The Morgan fingerprint density at radius 1 is 1.75 bits per heavy atom. The smallest absolute Gasteiger partial charge is 0.232 e. The molecule has 1 amide bonds. The summed E-state index contributed by atoms with van der Waals surface area (Å²) in [5, 5.41) is 2.95. The van der Waals surface area contributed by atoms with Gasteiger partial charge in [-0.2, -0.15) is 0 Å². The lowest BCUT2D eigenvalue weighted by molar-refractivity contribution is -0.132. The van der Waals surface area contributed by atoms with Crippen LogP contribution in [0, 0.1) is 12.8 Å². The van der Waals surface area contributed by atoms with Crippen LogP contribution in [0.25, 0.3) is 0 Å². The molecule has 0 aliphatic heterocycles. The van der Waals surface area contributed by atoms with E-state index in [0.717, 1.165) is 10.7 Å². The molecule has 0 spiro atoms. The third kappa shape index (κ3) is 3.24. The second kappa shape index (κ2) is 5.36. The average molecular weight is 257 g/mol. The Bertz CT molecular complexity index is 403. The van der Waals surface area contributed by atoms with Crippen LogP contribution in [0.15, 0.2) is 5.38 Å². The predicted molar refractivity (Wildman–Crippen MR) is 69.3 cm³/mol. The van der Waals surface area contributed by atoms with Crippen LogP contribution in [-0.2, 0) is 11.3 Å². The molecule has 1 unspecified atom stereocenters. The van der Waals surface area contributed by atoms with Gasteiger partial charge in [0.25, 0.3) is 0 Å². The minimum absolute atomic E-state index is 0.0712. The number of aromatic nitrogens is 1. The fraction of sp³-hybridized carbons (Fsp3) is 0.500. The number of thiocarbonyl (C=S) groups is 1. The first-order valence-electron chi connectivity index (χ1n) is 4.87. The summed E-state index contributed by atoms with van der Waals surface area (Å²) in [6.45, 7) is 4.15. The van der Waals surface area contributed by atoms with Gasteiger partial charge in [0.1, 0.15) is 0 Å². The van der Waals surface area contributed by atoms with E-state index in [-0.39, 0.29) is 10.9 Å². The molecule has 2 N–H and O–H groups in total. The minimum Gasteiger partial charge on any atom is -0.393 e. The van der Waals surface area contributed by atoms with Crippen LogP contribution in [0.3, 0.4) is 0 Å². The van der Waals surface area contributed by atoms with E-state index in [1.807, 2.05) is 12.3 Å². The third-order valence-electron chi connectivity index (χ3n) is 2.24. The predicted octanol–water partition coefficient (Wildman–Crippen LogP) is 1.33. The molecular formula is C10H15N3OS2. The van der Waals surface area contributed by atoms with E-state index in [1.54, 1.807) is 30.2 Å². The van der Waals surface area contributed by atoms with Gasteiger partial charge < -0.3 is 10.6 Å². The lowest BCUT2D eigenvalue weighted by Crippen LogP contribution is -2.37. The van der Waals surface area contributed by atoms with Gasteiger partial charge in [0.2, 0.25) is 5.91 Å². The van der Waals surface area contributed by atoms with Crippen molar-refractivity contribution in [3.63, 3.8) is 0 Å². The highest BCUT2D eigenvalue weighted by Crippen LogP contribution is 2.11. The Morgan fingerprint density at radius 3 is 2.81 bits per heavy atom. The number of nitrogens with zero attached hydrogens (tertiary/aromatic N) is 2. The Morgan fingerprint density at radius 2 is 2.38 bits per heavy atom. The van der Waals surface area contributed by atoms with Gasteiger partial charge in [0.05, 0.1) is 28.2 Å². The second-order valence-electron chi connectivity index (χ2n) is 3.68. The van der Waals surface area contributed by atoms with Gasteiger partial charge in [-0.15, -0.1) is 11.3 Å². The van der Waals surface area contributed by atoms with E-state index >= 15 is 0 Å². The number of carbonyl (C=O) groups is 1. The molecule has 1 atom stereocenters. The molecule has 0 saturated carbocycles. The third-order valence-corrected chi connectivity index (χ3v) is 3.42. The highest BCUT2D eigenvalue weighted by Gasteiger charge is 2.20. The zero-order valence-corrected chi connectivity index (χ0v) is 11.2. The maximum atomic E-state index is 11.8. The van der Waals surface area contributed by atoms with Gasteiger partial charge >= 0.3 is 0 Å². The molecule has 0 aliphatic carbocycles. The molecule has 0 aliphatic rings. The first-order chi connectivity index (χ1) is 7.41. The molecule has 1 aromatic heterocycles. The topological polar surface area (TPSA) is 59.2 Å². The average Bonchev–Trinajstić information content (AvgIpc) is 2.61. The van der Waals surface area contributed by atoms with Crippen molar-refractivity contribution in [1.82, 2.24) is 9.88 Å². The summed E-state index contributed by atoms with van der Waals surface area (Å²) in [6.07, 6.45) is 0. The number of amides is 1. The van der Waals surface area contributed by atoms with Crippen molar-refractivity contribution in [2.45, 2.75) is 20.4 Å². The summed E-state index contributed by atoms with van der Waals surface area (Å²) < 4.78 is 0. The van der Waals surface area contributed by atoms with Crippen LogP contribution in [-0.4, -0.2) is 27.8 Å². The van der Waals surface area contributed by atoms with Crippen LogP contribution in [0.2, 0.25) is 0 Å². The number of hydrogen-bond acceptors (Lipinski definition) is 4. The summed E-state index contributed by atoms with van der Waals surface area (Å²) >= 11 is 6.37. The largest absolute Gasteiger partial charge is 0.393 e. The molecule has 4 nitrogen and oxygen atoms in total. The normalized spacial score (nSPS) is 12.2. The van der Waals surface area contributed by atoms with Crippen molar-refractivity contribution >= 4 is 34.5 Å². The molecule has 1 heterocycles. The number of carbonyl (C=O) groups excluding carboxylic acids is 1. The summed E-state index contributed by atoms with van der Waals surface area (Å²) in [4.78, 5) is 18.0. The van der Waals surface area contributed by atoms with Crippen molar-refractivity contribution in [3.8, 4) is 0 Å². The van der Waals surface area contributed by atoms with Gasteiger partial charge in [-0.1, -0.05) is 12.2 Å². The van der Waals surface area contributed by atoms with E-state index in [9.17, 15) is 4.79 Å². The Balaban J connectivity index is 2.62. The number of thiazole rings is 1. The molecule has 0 bridgehead atoms. The van der Waals surface area contributed by atoms with Crippen molar-refractivity contribution in [2.75, 3.05) is 7.05 Å². The van der Waals surface area contributed by atoms with Crippen LogP contribution in [0.5, 0.6) is 0 Å². The van der Waals surface area contributed by atoms with Crippen molar-refractivity contribution in [2.24, 2.45) is 11.7 Å². The SMILES string of the molecule is Cc1nc(CN(C)C(=O)C(C)C(N)=S)cs1. The van der Waals surface area contributed by atoms with Crippen LogP contribution in [0.4, 0.5) is 0 Å². The maximum absolute atomic E-state index is 11.8. The molecule has 0 fully saturated rings. The summed E-state index contributed by atoms with van der Waals surface area (Å²) in [6, 6.07) is 0. The lowest BCUT2D eigenvalue weighted by atomic mass is 10.1. The van der Waals surface area contributed by atoms with E-state index in [2.05, 4.69) is 4.98 Å². The molecule has 0 saturated heterocycles. The lowest BCUT2D eigenvalue weighted by Gasteiger charge is -2.19. The van der Waals surface area contributed by atoms with Crippen molar-refractivity contribution in [3.05, 3.63) is 16.1 Å².